The number of carbonyl (C=O) groups excluding carboxylic acids is 1. The van der Waals surface area contributed by atoms with Gasteiger partial charge in [-0.25, -0.2) is 4.79 Å². The molecule has 7 nitrogen and oxygen atoms in total. The van der Waals surface area contributed by atoms with E-state index in [9.17, 15) is 9.59 Å². The second-order valence-electron chi connectivity index (χ2n) is 5.09. The molecule has 1 aromatic rings. The Labute approximate surface area is 124 Å². The first-order chi connectivity index (χ1) is 10.1. The highest BCUT2D eigenvalue weighted by molar-refractivity contribution is 5.73. The zero-order chi connectivity index (χ0) is 15.5. The summed E-state index contributed by atoms with van der Waals surface area (Å²) < 4.78 is 0. The van der Waals surface area contributed by atoms with Crippen LogP contribution in [0.25, 0.3) is 0 Å². The smallest absolute Gasteiger partial charge is 0.315 e. The average Bonchev–Trinajstić information content (AvgIpc) is 2.95. The number of aromatic amines is 1. The van der Waals surface area contributed by atoms with Gasteiger partial charge >= 0.3 is 12.0 Å². The van der Waals surface area contributed by atoms with Crippen molar-refractivity contribution < 1.29 is 14.7 Å². The summed E-state index contributed by atoms with van der Waals surface area (Å²) in [5.41, 5.74) is 0.912. The normalized spacial score (nSPS) is 11.9. The third-order valence-electron chi connectivity index (χ3n) is 3.31. The van der Waals surface area contributed by atoms with Crippen LogP contribution in [0.1, 0.15) is 44.6 Å². The molecular formula is C14H24N4O3. The third-order valence-corrected chi connectivity index (χ3v) is 3.31. The van der Waals surface area contributed by atoms with Gasteiger partial charge in [-0.05, 0) is 18.8 Å². The zero-order valence-electron chi connectivity index (χ0n) is 12.4. The van der Waals surface area contributed by atoms with Gasteiger partial charge in [-0.15, -0.1) is 0 Å². The van der Waals surface area contributed by atoms with E-state index in [0.717, 1.165) is 24.8 Å². The lowest BCUT2D eigenvalue weighted by Crippen LogP contribution is -2.36. The molecule has 118 valence electrons. The number of carboxylic acids is 1. The molecule has 0 bridgehead atoms. The summed E-state index contributed by atoms with van der Waals surface area (Å²) in [5.74, 6) is -0.415. The van der Waals surface area contributed by atoms with Crippen molar-refractivity contribution in [2.75, 3.05) is 6.54 Å². The van der Waals surface area contributed by atoms with Crippen molar-refractivity contribution in [1.29, 1.82) is 0 Å². The van der Waals surface area contributed by atoms with Gasteiger partial charge in [0.15, 0.2) is 0 Å². The van der Waals surface area contributed by atoms with Crippen LogP contribution < -0.4 is 10.6 Å². The van der Waals surface area contributed by atoms with E-state index in [2.05, 4.69) is 27.8 Å². The van der Waals surface area contributed by atoms with Crippen LogP contribution in [-0.2, 0) is 11.3 Å². The van der Waals surface area contributed by atoms with E-state index in [4.69, 9.17) is 5.11 Å². The Bertz CT molecular complexity index is 420. The van der Waals surface area contributed by atoms with Gasteiger partial charge in [0.05, 0.1) is 6.20 Å². The number of nitrogens with zero attached hydrogens (tertiary/aromatic N) is 1. The van der Waals surface area contributed by atoms with Crippen molar-refractivity contribution in [2.24, 2.45) is 5.92 Å². The number of nitrogens with one attached hydrogen (secondary N) is 3. The largest absolute Gasteiger partial charge is 0.481 e. The van der Waals surface area contributed by atoms with Crippen LogP contribution in [0, 0.1) is 5.92 Å². The highest BCUT2D eigenvalue weighted by Crippen LogP contribution is 2.17. The third kappa shape index (κ3) is 7.96. The number of rotatable bonds is 10. The Morgan fingerprint density at radius 1 is 1.33 bits per heavy atom. The number of aromatic nitrogens is 2. The van der Waals surface area contributed by atoms with Gasteiger partial charge in [0.1, 0.15) is 0 Å². The van der Waals surface area contributed by atoms with Crippen LogP contribution in [0.4, 0.5) is 4.79 Å². The molecule has 1 rings (SSSR count). The second-order valence-corrected chi connectivity index (χ2v) is 5.09. The number of urea groups is 1. The molecule has 1 unspecified atom stereocenters. The Balaban J connectivity index is 2.16. The number of hydrogen-bond donors (Lipinski definition) is 4. The van der Waals surface area contributed by atoms with Crippen LogP contribution in [0.3, 0.4) is 0 Å². The number of carbonyl (C=O) groups is 2. The number of hydrogen-bond acceptors (Lipinski definition) is 3. The van der Waals surface area contributed by atoms with Gasteiger partial charge in [-0.1, -0.05) is 19.8 Å². The van der Waals surface area contributed by atoms with Gasteiger partial charge in [0, 0.05) is 31.3 Å². The molecule has 1 heterocycles. The minimum absolute atomic E-state index is 0.192. The van der Waals surface area contributed by atoms with Crippen LogP contribution in [0.15, 0.2) is 12.4 Å². The van der Waals surface area contributed by atoms with Gasteiger partial charge < -0.3 is 15.7 Å². The molecule has 0 aliphatic carbocycles. The van der Waals surface area contributed by atoms with Crippen LogP contribution in [-0.4, -0.2) is 33.8 Å². The van der Waals surface area contributed by atoms with E-state index in [0.29, 0.717) is 25.4 Å². The SMILES string of the molecule is CCCC(CCNC(=O)NCc1cn[nH]c1)CCC(=O)O. The van der Waals surface area contributed by atoms with Crippen LogP contribution in [0.2, 0.25) is 0 Å². The second kappa shape index (κ2) is 9.79. The Morgan fingerprint density at radius 2 is 2.14 bits per heavy atom. The topological polar surface area (TPSA) is 107 Å². The minimum Gasteiger partial charge on any atom is -0.481 e. The fourth-order valence-electron chi connectivity index (χ4n) is 2.18. The van der Waals surface area contributed by atoms with E-state index >= 15 is 0 Å². The lowest BCUT2D eigenvalue weighted by atomic mass is 9.94. The summed E-state index contributed by atoms with van der Waals surface area (Å²) >= 11 is 0. The maximum absolute atomic E-state index is 11.6. The van der Waals surface area contributed by atoms with Crippen LogP contribution >= 0.6 is 0 Å². The quantitative estimate of drug-likeness (QED) is 0.528. The van der Waals surface area contributed by atoms with Crippen molar-refractivity contribution >= 4 is 12.0 Å². The average molecular weight is 296 g/mol. The highest BCUT2D eigenvalue weighted by Gasteiger charge is 2.10. The Hall–Kier alpha value is -2.05. The van der Waals surface area contributed by atoms with E-state index < -0.39 is 5.97 Å². The first-order valence-corrected chi connectivity index (χ1v) is 7.33. The first-order valence-electron chi connectivity index (χ1n) is 7.33. The summed E-state index contributed by atoms with van der Waals surface area (Å²) in [5, 5.41) is 20.7. The van der Waals surface area contributed by atoms with Crippen molar-refractivity contribution in [1.82, 2.24) is 20.8 Å². The van der Waals surface area contributed by atoms with Crippen LogP contribution in [0.5, 0.6) is 0 Å². The monoisotopic (exact) mass is 296 g/mol. The van der Waals surface area contributed by atoms with Crippen molar-refractivity contribution in [3.63, 3.8) is 0 Å². The Kier molecular flexibility index (Phi) is 7.93. The number of aliphatic carboxylic acids is 1. The molecule has 21 heavy (non-hydrogen) atoms. The molecule has 1 atom stereocenters. The van der Waals surface area contributed by atoms with Gasteiger partial charge in [-0.2, -0.15) is 5.10 Å². The first kappa shape index (κ1) is 17.0. The molecule has 0 saturated heterocycles. The molecular weight excluding hydrogens is 272 g/mol. The molecule has 0 spiro atoms. The molecule has 7 heteroatoms. The summed E-state index contributed by atoms with van der Waals surface area (Å²) in [7, 11) is 0. The van der Waals surface area contributed by atoms with E-state index in [-0.39, 0.29) is 12.5 Å². The molecule has 0 aromatic carbocycles. The molecule has 1 aromatic heterocycles. The summed E-state index contributed by atoms with van der Waals surface area (Å²) in [4.78, 5) is 22.2. The highest BCUT2D eigenvalue weighted by atomic mass is 16.4. The molecule has 0 aliphatic heterocycles. The molecule has 0 radical (unpaired) electrons. The molecule has 0 aliphatic rings. The molecule has 4 N–H and O–H groups in total. The summed E-state index contributed by atoms with van der Waals surface area (Å²) in [6, 6.07) is -0.218. The van der Waals surface area contributed by atoms with Crippen molar-refractivity contribution in [3.8, 4) is 0 Å². The molecule has 0 fully saturated rings. The summed E-state index contributed by atoms with van der Waals surface area (Å²) in [6.45, 7) is 3.07. The van der Waals surface area contributed by atoms with Gasteiger partial charge in [-0.3, -0.25) is 9.89 Å². The van der Waals surface area contributed by atoms with Gasteiger partial charge in [0.2, 0.25) is 0 Å². The van der Waals surface area contributed by atoms with E-state index in [1.54, 1.807) is 12.4 Å². The fourth-order valence-corrected chi connectivity index (χ4v) is 2.18. The van der Waals surface area contributed by atoms with E-state index in [1.165, 1.54) is 0 Å². The number of H-pyrrole nitrogens is 1. The summed E-state index contributed by atoms with van der Waals surface area (Å²) in [6.07, 6.45) is 7.06. The van der Waals surface area contributed by atoms with E-state index in [1.807, 2.05) is 0 Å². The molecule has 0 saturated carbocycles. The Morgan fingerprint density at radius 3 is 2.76 bits per heavy atom. The lowest BCUT2D eigenvalue weighted by Gasteiger charge is -2.15. The standard InChI is InChI=1S/C14H24N4O3/c1-2-3-11(4-5-13(19)20)6-7-15-14(21)16-8-12-9-17-18-10-12/h9-11H,2-8H2,1H3,(H,17,18)(H,19,20)(H2,15,16,21). The maximum Gasteiger partial charge on any atom is 0.315 e. The lowest BCUT2D eigenvalue weighted by molar-refractivity contribution is -0.137. The van der Waals surface area contributed by atoms with Crippen molar-refractivity contribution in [3.05, 3.63) is 18.0 Å². The predicted octanol–water partition coefficient (Wildman–Crippen LogP) is 1.88. The number of amides is 2. The zero-order valence-corrected chi connectivity index (χ0v) is 12.4. The molecule has 2 amide bonds. The van der Waals surface area contributed by atoms with Gasteiger partial charge in [0.25, 0.3) is 0 Å². The fraction of sp³-hybridized carbons (Fsp3) is 0.643. The maximum atomic E-state index is 11.6. The number of carboxylic acid groups (broad SMARTS) is 1. The predicted molar refractivity (Wildman–Crippen MR) is 78.7 cm³/mol. The minimum atomic E-state index is -0.762. The van der Waals surface area contributed by atoms with Crippen molar-refractivity contribution in [2.45, 2.75) is 45.6 Å².